The normalized spacial score (nSPS) is 11.8. The largest absolute Gasteiger partial charge is 0.500 e. The van der Waals surface area contributed by atoms with Crippen LogP contribution in [-0.2, 0) is 26.5 Å². The van der Waals surface area contributed by atoms with Gasteiger partial charge >= 0.3 is 0 Å². The van der Waals surface area contributed by atoms with Gasteiger partial charge < -0.3 is 18.4 Å². The zero-order valence-corrected chi connectivity index (χ0v) is 37.6. The Morgan fingerprint density at radius 3 is 2.07 bits per heavy atom. The van der Waals surface area contributed by atoms with Gasteiger partial charge in [-0.25, -0.2) is 0 Å². The summed E-state index contributed by atoms with van der Waals surface area (Å²) in [6.45, 7) is 11.7. The number of para-hydroxylation sites is 3. The molecular weight excluding hydrogens is 931 g/mol. The summed E-state index contributed by atoms with van der Waals surface area (Å²) < 4.78 is 14.8. The molecule has 4 heterocycles. The van der Waals surface area contributed by atoms with E-state index in [1.807, 2.05) is 60.7 Å². The van der Waals surface area contributed by atoms with E-state index in [4.69, 9.17) is 13.8 Å². The number of aromatic nitrogens is 3. The van der Waals surface area contributed by atoms with Crippen molar-refractivity contribution in [3.05, 3.63) is 169 Å². The Labute approximate surface area is 364 Å². The predicted octanol–water partition coefficient (Wildman–Crippen LogP) is 13.7. The van der Waals surface area contributed by atoms with Crippen molar-refractivity contribution < 1.29 is 28.9 Å². The summed E-state index contributed by atoms with van der Waals surface area (Å²) in [4.78, 5) is 9.89. The van der Waals surface area contributed by atoms with E-state index in [9.17, 15) is 0 Å². The number of benzene rings is 7. The molecule has 0 aliphatic heterocycles. The quantitative estimate of drug-likeness (QED) is 0.123. The minimum absolute atomic E-state index is 0. The second-order valence-corrected chi connectivity index (χ2v) is 21.8. The number of rotatable bonds is 6. The van der Waals surface area contributed by atoms with E-state index in [2.05, 4.69) is 146 Å². The van der Waals surface area contributed by atoms with Crippen molar-refractivity contribution in [2.24, 2.45) is 5.92 Å². The molecule has 0 atom stereocenters. The van der Waals surface area contributed by atoms with Gasteiger partial charge in [-0.1, -0.05) is 123 Å². The van der Waals surface area contributed by atoms with Gasteiger partial charge in [0, 0.05) is 42.5 Å². The van der Waals surface area contributed by atoms with Crippen LogP contribution in [0.25, 0.3) is 94.0 Å². The average Bonchev–Trinajstić information content (AvgIpc) is 3.94. The number of imidazole rings is 1. The summed E-state index contributed by atoms with van der Waals surface area (Å²) in [5, 5.41) is 8.12. The molecule has 60 heavy (non-hydrogen) atoms. The third kappa shape index (κ3) is 7.17. The molecule has 7 heteroatoms. The van der Waals surface area contributed by atoms with E-state index in [1.54, 1.807) is 0 Å². The Hall–Kier alpha value is -6.11. The van der Waals surface area contributed by atoms with Gasteiger partial charge in [-0.15, -0.1) is 59.7 Å². The molecule has 0 N–H and O–H groups in total. The van der Waals surface area contributed by atoms with Gasteiger partial charge in [-0.05, 0) is 64.3 Å². The Morgan fingerprint density at radius 2 is 1.33 bits per heavy atom. The van der Waals surface area contributed by atoms with Crippen LogP contribution in [0.4, 0.5) is 0 Å². The monoisotopic (exact) mass is 974 g/mol. The summed E-state index contributed by atoms with van der Waals surface area (Å²) in [6.07, 6.45) is 3.24. The zero-order chi connectivity index (χ0) is 40.3. The van der Waals surface area contributed by atoms with Gasteiger partial charge in [0.05, 0.1) is 36.2 Å². The van der Waals surface area contributed by atoms with Gasteiger partial charge in [0.15, 0.2) is 5.58 Å². The van der Waals surface area contributed by atoms with Gasteiger partial charge in [0.25, 0.3) is 0 Å². The van der Waals surface area contributed by atoms with E-state index >= 15 is 0 Å². The van der Waals surface area contributed by atoms with Crippen molar-refractivity contribution in [1.29, 1.82) is 0 Å². The Bertz CT molecular complexity index is 3340. The second-order valence-electron chi connectivity index (χ2n) is 16.8. The van der Waals surface area contributed by atoms with Crippen molar-refractivity contribution in [3.63, 3.8) is 0 Å². The van der Waals surface area contributed by atoms with E-state index in [0.717, 1.165) is 100 Å². The molecule has 5 nitrogen and oxygen atoms in total. The maximum absolute atomic E-state index is 6.48. The third-order valence-electron chi connectivity index (χ3n) is 11.1. The molecule has 11 aromatic rings. The SMILES string of the molecule is CC(C)Cc1cc(-c2[c-]cccc2)ncc1[Si](C)(C)C.[Ir].[c-]1cc2oc3ccccc3c2cc1-c1nc2cc3ccccc3cc2n1-c1cccc2c1oc1ccccc12. The molecular formula is C53H43IrN3O2Si-2. The summed E-state index contributed by atoms with van der Waals surface area (Å²) in [6, 6.07) is 56.6. The first-order valence-corrected chi connectivity index (χ1v) is 23.8. The van der Waals surface area contributed by atoms with Crippen LogP contribution in [0.5, 0.6) is 0 Å². The van der Waals surface area contributed by atoms with Crippen LogP contribution in [0.1, 0.15) is 19.4 Å². The molecule has 11 rings (SSSR count). The number of hydrogen-bond donors (Lipinski definition) is 0. The Kier molecular flexibility index (Phi) is 10.4. The Balaban J connectivity index is 0.000000188. The molecule has 0 fully saturated rings. The molecule has 4 aromatic heterocycles. The fourth-order valence-corrected chi connectivity index (χ4v) is 9.97. The minimum Gasteiger partial charge on any atom is -0.500 e. The fraction of sp³-hybridized carbons (Fsp3) is 0.132. The van der Waals surface area contributed by atoms with E-state index in [1.165, 1.54) is 10.8 Å². The predicted molar refractivity (Wildman–Crippen MR) is 247 cm³/mol. The molecule has 7 aromatic carbocycles. The maximum Gasteiger partial charge on any atom is 0.158 e. The van der Waals surface area contributed by atoms with Gasteiger partial charge in [-0.2, -0.15) is 0 Å². The van der Waals surface area contributed by atoms with Crippen LogP contribution >= 0.6 is 0 Å². The van der Waals surface area contributed by atoms with Gasteiger partial charge in [-0.3, -0.25) is 4.98 Å². The number of nitrogens with zero attached hydrogens (tertiary/aromatic N) is 3. The number of furan rings is 2. The molecule has 0 bridgehead atoms. The molecule has 0 aliphatic carbocycles. The summed E-state index contributed by atoms with van der Waals surface area (Å²) in [5.74, 6) is 1.47. The first kappa shape index (κ1) is 39.4. The topological polar surface area (TPSA) is 57.0 Å². The molecule has 0 amide bonds. The summed E-state index contributed by atoms with van der Waals surface area (Å²) in [7, 11) is -1.34. The Morgan fingerprint density at radius 1 is 0.650 bits per heavy atom. The first-order chi connectivity index (χ1) is 28.7. The van der Waals surface area contributed by atoms with Crippen LogP contribution in [0, 0.1) is 18.1 Å². The summed E-state index contributed by atoms with van der Waals surface area (Å²) in [5.41, 5.74) is 10.8. The number of pyridine rings is 1. The van der Waals surface area contributed by atoms with E-state index in [-0.39, 0.29) is 20.1 Å². The number of fused-ring (bicyclic) bond motifs is 8. The molecule has 0 saturated carbocycles. The molecule has 0 saturated heterocycles. The van der Waals surface area contributed by atoms with Gasteiger partial charge in [0.2, 0.25) is 0 Å². The van der Waals surface area contributed by atoms with Crippen LogP contribution in [0.3, 0.4) is 0 Å². The molecule has 0 spiro atoms. The standard InChI is InChI=1S/C35H19N2O2.C18H24NSi.Ir/c1-2-9-22-20-30-28(19-21(22)8-1)36-35(23-16-17-33-27(18-23)25-11-4-5-14-31(25)38-33)37(30)29-13-7-12-26-24-10-3-6-15-32(24)39-34(26)29;1-14(2)11-16-12-17(15-9-7-6-8-10-15)19-13-18(16)20(3,4)5;/h1-15,17-20H;6-9,12-14H,11H2,1-5H3;/q2*-1;. The second kappa shape index (κ2) is 15.8. The van der Waals surface area contributed by atoms with E-state index < -0.39 is 8.07 Å². The van der Waals surface area contributed by atoms with Crippen molar-refractivity contribution in [1.82, 2.24) is 14.5 Å². The molecule has 297 valence electrons. The van der Waals surface area contributed by atoms with E-state index in [0.29, 0.717) is 5.92 Å². The van der Waals surface area contributed by atoms with Gasteiger partial charge in [0.1, 0.15) is 11.2 Å². The van der Waals surface area contributed by atoms with Crippen LogP contribution < -0.4 is 5.19 Å². The first-order valence-electron chi connectivity index (χ1n) is 20.3. The summed E-state index contributed by atoms with van der Waals surface area (Å²) >= 11 is 0. The minimum atomic E-state index is -1.34. The molecule has 0 unspecified atom stereocenters. The average molecular weight is 974 g/mol. The molecule has 0 aliphatic rings. The smallest absolute Gasteiger partial charge is 0.158 e. The number of hydrogen-bond acceptors (Lipinski definition) is 4. The maximum atomic E-state index is 6.48. The zero-order valence-electron chi connectivity index (χ0n) is 34.2. The van der Waals surface area contributed by atoms with Crippen LogP contribution in [0.2, 0.25) is 19.6 Å². The third-order valence-corrected chi connectivity index (χ3v) is 13.2. The van der Waals surface area contributed by atoms with Crippen LogP contribution in [0.15, 0.2) is 161 Å². The van der Waals surface area contributed by atoms with Crippen LogP contribution in [-0.4, -0.2) is 22.6 Å². The van der Waals surface area contributed by atoms with Crippen molar-refractivity contribution in [3.8, 4) is 28.3 Å². The van der Waals surface area contributed by atoms with Crippen molar-refractivity contribution in [2.45, 2.75) is 39.9 Å². The van der Waals surface area contributed by atoms with Crippen molar-refractivity contribution in [2.75, 3.05) is 0 Å². The molecule has 1 radical (unpaired) electrons. The fourth-order valence-electron chi connectivity index (χ4n) is 8.38. The van der Waals surface area contributed by atoms with Crippen molar-refractivity contribution >= 4 is 78.9 Å².